The molecule has 3 saturated heterocycles. The zero-order chi connectivity index (χ0) is 35.0. The van der Waals surface area contributed by atoms with Gasteiger partial charge in [-0.2, -0.15) is 22.8 Å². The number of nitrogens with two attached hydrogens (primary N) is 1. The molecule has 0 aliphatic carbocycles. The number of alkyl halides is 3. The Hall–Kier alpha value is -4.99. The van der Waals surface area contributed by atoms with Crippen LogP contribution in [0.2, 0.25) is 0 Å². The maximum absolute atomic E-state index is 15.3. The third-order valence-corrected chi connectivity index (χ3v) is 9.93. The molecule has 8 heterocycles. The number of nitrogens with one attached hydrogen (secondary N) is 1. The van der Waals surface area contributed by atoms with Crippen LogP contribution in [-0.4, -0.2) is 92.2 Å². The summed E-state index contributed by atoms with van der Waals surface area (Å²) in [6.07, 6.45) is 5.53. The van der Waals surface area contributed by atoms with E-state index in [1.54, 1.807) is 10.9 Å². The van der Waals surface area contributed by atoms with E-state index in [1.807, 2.05) is 30.5 Å². The van der Waals surface area contributed by atoms with Crippen molar-refractivity contribution in [2.75, 3.05) is 60.1 Å². The van der Waals surface area contributed by atoms with Crippen LogP contribution in [0.1, 0.15) is 50.1 Å². The van der Waals surface area contributed by atoms with E-state index in [2.05, 4.69) is 41.1 Å². The number of nitrogens with zero attached hydrogens (tertiary/aromatic N) is 8. The average Bonchev–Trinajstić information content (AvgIpc) is 3.79. The Bertz CT molecular complexity index is 1830. The number of carbonyl (C=O) groups is 1. The van der Waals surface area contributed by atoms with Gasteiger partial charge < -0.3 is 30.9 Å². The van der Waals surface area contributed by atoms with Gasteiger partial charge in [-0.25, -0.2) is 14.2 Å². The fraction of sp³-hybridized carbons (Fsp3) is 0.441. The van der Waals surface area contributed by atoms with Gasteiger partial charge in [0.15, 0.2) is 5.82 Å². The fourth-order valence-corrected chi connectivity index (χ4v) is 7.48. The predicted molar refractivity (Wildman–Crippen MR) is 180 cm³/mol. The molecule has 2 bridgehead atoms. The van der Waals surface area contributed by atoms with Crippen molar-refractivity contribution in [3.8, 4) is 16.9 Å². The molecular weight excluding hydrogens is 656 g/mol. The van der Waals surface area contributed by atoms with Crippen LogP contribution in [0.3, 0.4) is 0 Å². The number of nitrogen functional groups attached to an aromatic ring is 1. The summed E-state index contributed by atoms with van der Waals surface area (Å²) in [5.74, 6) is -1.48. The van der Waals surface area contributed by atoms with Crippen molar-refractivity contribution in [3.63, 3.8) is 0 Å². The highest BCUT2D eigenvalue weighted by Crippen LogP contribution is 2.46. The summed E-state index contributed by atoms with van der Waals surface area (Å²) >= 11 is 0. The topological polar surface area (TPSA) is 142 Å². The van der Waals surface area contributed by atoms with Crippen LogP contribution in [0.15, 0.2) is 48.8 Å². The number of carboxylic acids is 1. The molecule has 1 aromatic carbocycles. The number of pyridine rings is 2. The van der Waals surface area contributed by atoms with Crippen molar-refractivity contribution in [2.45, 2.75) is 56.7 Å². The van der Waals surface area contributed by atoms with Crippen LogP contribution in [0.5, 0.6) is 0 Å². The number of carboxylic acid groups (broad SMARTS) is 1. The normalized spacial score (nSPS) is 18.2. The van der Waals surface area contributed by atoms with E-state index in [0.29, 0.717) is 35.1 Å². The number of hydrogen-bond acceptors (Lipinski definition) is 10. The zero-order valence-electron chi connectivity index (χ0n) is 27.3. The van der Waals surface area contributed by atoms with Gasteiger partial charge >= 0.3 is 12.1 Å². The highest BCUT2D eigenvalue weighted by molar-refractivity contribution is 5.83. The maximum atomic E-state index is 15.3. The van der Waals surface area contributed by atoms with Gasteiger partial charge in [-0.15, -0.1) is 5.10 Å². The lowest BCUT2D eigenvalue weighted by atomic mass is 9.84. The summed E-state index contributed by atoms with van der Waals surface area (Å²) in [6, 6.07) is 11.9. The van der Waals surface area contributed by atoms with Gasteiger partial charge in [0.2, 0.25) is 11.9 Å². The molecule has 16 heteroatoms. The molecule has 0 spiro atoms. The lowest BCUT2D eigenvalue weighted by Gasteiger charge is -2.42. The highest BCUT2D eigenvalue weighted by Gasteiger charge is 2.38. The Morgan fingerprint density at radius 3 is 2.28 bits per heavy atom. The summed E-state index contributed by atoms with van der Waals surface area (Å²) in [4.78, 5) is 30.0. The van der Waals surface area contributed by atoms with Crippen molar-refractivity contribution >= 4 is 34.9 Å². The van der Waals surface area contributed by atoms with Gasteiger partial charge in [-0.3, -0.25) is 4.98 Å². The van der Waals surface area contributed by atoms with Crippen molar-refractivity contribution in [2.24, 2.45) is 0 Å². The molecule has 3 fully saturated rings. The molecule has 0 radical (unpaired) electrons. The van der Waals surface area contributed by atoms with Gasteiger partial charge in [-0.05, 0) is 81.9 Å². The first-order chi connectivity index (χ1) is 24.0. The number of likely N-dealkylation sites (tertiary alicyclic amines) is 1. The second-order valence-electron chi connectivity index (χ2n) is 13.0. The molecule has 264 valence electrons. The Balaban J connectivity index is 0.000000510. The highest BCUT2D eigenvalue weighted by atomic mass is 19.4. The Morgan fingerprint density at radius 2 is 1.64 bits per heavy atom. The monoisotopic (exact) mass is 694 g/mol. The van der Waals surface area contributed by atoms with Gasteiger partial charge in [0.05, 0.1) is 17.1 Å². The van der Waals surface area contributed by atoms with E-state index >= 15 is 4.39 Å². The summed E-state index contributed by atoms with van der Waals surface area (Å²) in [5, 5.41) is 14.9. The minimum Gasteiger partial charge on any atom is -0.475 e. The first-order valence-corrected chi connectivity index (χ1v) is 16.8. The number of aromatic nitrogens is 5. The lowest BCUT2D eigenvalue weighted by molar-refractivity contribution is -0.192. The summed E-state index contributed by atoms with van der Waals surface area (Å²) in [6.45, 7) is 6.25. The number of hydrogen-bond donors (Lipinski definition) is 3. The van der Waals surface area contributed by atoms with Crippen molar-refractivity contribution in [1.82, 2.24) is 29.6 Å². The standard InChI is InChI=1S/C32H37FN10.C2HF3O2/c33-26-18-23(5-6-27(26)41-16-9-24(10-17-41)40-12-1-2-13-40)36-32-38-31(34)43(39-32)28-19-25(22-4-3-11-35-20-22)30-29(37-28)21-7-14-42(30)15-8-21;3-2(4,5)1(6)7/h3-6,11,18-21,24H,1-2,7-10,12-17H2,(H3,34,36,38,39);(H,6,7). The van der Waals surface area contributed by atoms with Crippen LogP contribution in [0, 0.1) is 5.82 Å². The SMILES string of the molecule is Nc1nc(Nc2ccc(N3CCC(N4CCCC4)CC3)c(F)c2)nn1-c1cc(-c2cccnc2)c2c(n1)C1CCN2CC1.O=C(O)C(F)(F)F. The van der Waals surface area contributed by atoms with E-state index in [1.165, 1.54) is 37.7 Å². The number of fused-ring (bicyclic) bond motifs is 2. The molecule has 50 heavy (non-hydrogen) atoms. The third-order valence-electron chi connectivity index (χ3n) is 9.93. The maximum Gasteiger partial charge on any atom is 0.490 e. The Morgan fingerprint density at radius 1 is 0.940 bits per heavy atom. The molecule has 3 aromatic heterocycles. The van der Waals surface area contributed by atoms with Crippen molar-refractivity contribution < 1.29 is 27.5 Å². The second-order valence-corrected chi connectivity index (χ2v) is 13.0. The molecule has 5 aliphatic heterocycles. The summed E-state index contributed by atoms with van der Waals surface area (Å²) in [7, 11) is 0. The van der Waals surface area contributed by atoms with Crippen molar-refractivity contribution in [3.05, 3.63) is 60.3 Å². The van der Waals surface area contributed by atoms with Gasteiger partial charge in [0, 0.05) is 67.3 Å². The Kier molecular flexibility index (Phi) is 9.20. The van der Waals surface area contributed by atoms with E-state index in [-0.39, 0.29) is 11.8 Å². The van der Waals surface area contributed by atoms with Gasteiger partial charge in [-0.1, -0.05) is 6.07 Å². The molecule has 9 rings (SSSR count). The fourth-order valence-electron chi connectivity index (χ4n) is 7.48. The number of benzene rings is 1. The molecule has 12 nitrogen and oxygen atoms in total. The average molecular weight is 695 g/mol. The largest absolute Gasteiger partial charge is 0.490 e. The molecule has 4 aromatic rings. The Labute approximate surface area is 285 Å². The van der Waals surface area contributed by atoms with E-state index < -0.39 is 12.1 Å². The van der Waals surface area contributed by atoms with E-state index in [0.717, 1.165) is 68.7 Å². The molecule has 0 unspecified atom stereocenters. The molecule has 5 aliphatic rings. The number of aliphatic carboxylic acids is 1. The first kappa shape index (κ1) is 33.5. The molecule has 0 amide bonds. The molecule has 0 atom stereocenters. The molecule has 4 N–H and O–H groups in total. The van der Waals surface area contributed by atoms with E-state index in [4.69, 9.17) is 20.6 Å². The minimum atomic E-state index is -5.08. The zero-order valence-corrected chi connectivity index (χ0v) is 27.3. The molecule has 0 saturated carbocycles. The van der Waals surface area contributed by atoms with Crippen molar-refractivity contribution in [1.29, 1.82) is 0 Å². The van der Waals surface area contributed by atoms with Crippen LogP contribution in [0.25, 0.3) is 16.9 Å². The minimum absolute atomic E-state index is 0.214. The quantitative estimate of drug-likeness (QED) is 0.218. The number of piperidine rings is 2. The van der Waals surface area contributed by atoms with Gasteiger partial charge in [0.25, 0.3) is 0 Å². The first-order valence-electron chi connectivity index (χ1n) is 16.8. The van der Waals surface area contributed by atoms with Crippen LogP contribution >= 0.6 is 0 Å². The van der Waals surface area contributed by atoms with Crippen LogP contribution < -0.4 is 20.9 Å². The second kappa shape index (κ2) is 13.7. The predicted octanol–water partition coefficient (Wildman–Crippen LogP) is 5.58. The number of halogens is 4. The van der Waals surface area contributed by atoms with Gasteiger partial charge in [0.1, 0.15) is 5.82 Å². The van der Waals surface area contributed by atoms with Crippen LogP contribution in [0.4, 0.5) is 46.5 Å². The smallest absolute Gasteiger partial charge is 0.475 e. The summed E-state index contributed by atoms with van der Waals surface area (Å²) < 4.78 is 48.6. The third kappa shape index (κ3) is 6.88. The summed E-state index contributed by atoms with van der Waals surface area (Å²) in [5.41, 5.74) is 12.0. The number of rotatable bonds is 6. The number of anilines is 5. The molecular formula is C34H38F4N10O2. The van der Waals surface area contributed by atoms with E-state index in [9.17, 15) is 13.2 Å². The van der Waals surface area contributed by atoms with Crippen LogP contribution in [-0.2, 0) is 4.79 Å². The lowest BCUT2D eigenvalue weighted by Crippen LogP contribution is -2.44.